The lowest BCUT2D eigenvalue weighted by molar-refractivity contribution is -0.114. The van der Waals surface area contributed by atoms with Crippen LogP contribution in [0.5, 0.6) is 0 Å². The summed E-state index contributed by atoms with van der Waals surface area (Å²) in [5.74, 6) is -0.130. The molecule has 0 aliphatic carbocycles. The van der Waals surface area contributed by atoms with E-state index in [1.165, 1.54) is 16.3 Å². The fourth-order valence-electron chi connectivity index (χ4n) is 2.43. The minimum absolute atomic E-state index is 0.130. The molecule has 0 saturated heterocycles. The lowest BCUT2D eigenvalue weighted by atomic mass is 10.1. The highest BCUT2D eigenvalue weighted by Crippen LogP contribution is 2.31. The summed E-state index contributed by atoms with van der Waals surface area (Å²) in [7, 11) is 0. The molecule has 4 nitrogen and oxygen atoms in total. The molecule has 3 heterocycles. The molecule has 0 unspecified atom stereocenters. The number of hydrogen-bond donors (Lipinski definition) is 0. The molecule has 6 heteroatoms. The first-order valence-corrected chi connectivity index (χ1v) is 9.14. The molecule has 24 heavy (non-hydrogen) atoms. The molecule has 1 amide bonds. The van der Waals surface area contributed by atoms with Gasteiger partial charge in [0.15, 0.2) is 0 Å². The summed E-state index contributed by atoms with van der Waals surface area (Å²) in [4.78, 5) is 18.3. The maximum Gasteiger partial charge on any atom is 0.282 e. The third-order valence-electron chi connectivity index (χ3n) is 3.64. The normalized spacial score (nSPS) is 16.0. The number of hydrogen-bond acceptors (Lipinski definition) is 5. The van der Waals surface area contributed by atoms with E-state index in [0.29, 0.717) is 16.4 Å². The van der Waals surface area contributed by atoms with Crippen molar-refractivity contribution in [2.45, 2.75) is 6.92 Å². The van der Waals surface area contributed by atoms with Gasteiger partial charge >= 0.3 is 0 Å². The van der Waals surface area contributed by atoms with Gasteiger partial charge in [-0.15, -0.1) is 22.7 Å². The van der Waals surface area contributed by atoms with Gasteiger partial charge in [0.1, 0.15) is 0 Å². The van der Waals surface area contributed by atoms with Crippen molar-refractivity contribution in [1.29, 1.82) is 0 Å². The fraction of sp³-hybridized carbons (Fsp3) is 0.0556. The first kappa shape index (κ1) is 15.0. The molecule has 1 aliphatic heterocycles. The maximum absolute atomic E-state index is 12.7. The van der Waals surface area contributed by atoms with Crippen LogP contribution in [-0.4, -0.2) is 16.6 Å². The summed E-state index contributed by atoms with van der Waals surface area (Å²) < 4.78 is 0. The molecule has 0 saturated carbocycles. The van der Waals surface area contributed by atoms with Crippen molar-refractivity contribution in [3.63, 3.8) is 0 Å². The predicted molar refractivity (Wildman–Crippen MR) is 100 cm³/mol. The third-order valence-corrected chi connectivity index (χ3v) is 5.27. The second-order valence-electron chi connectivity index (χ2n) is 5.26. The van der Waals surface area contributed by atoms with Gasteiger partial charge in [-0.05, 0) is 24.4 Å². The van der Waals surface area contributed by atoms with Crippen molar-refractivity contribution < 1.29 is 4.79 Å². The molecule has 0 fully saturated rings. The summed E-state index contributed by atoms with van der Waals surface area (Å²) in [5, 5.41) is 10.3. The summed E-state index contributed by atoms with van der Waals surface area (Å²) >= 11 is 3.02. The number of thiazole rings is 1. The second-order valence-corrected chi connectivity index (χ2v) is 7.07. The zero-order valence-electron chi connectivity index (χ0n) is 12.8. The number of aromatic nitrogens is 1. The molecule has 1 aromatic carbocycles. The van der Waals surface area contributed by atoms with Crippen molar-refractivity contribution in [2.24, 2.45) is 5.10 Å². The number of anilines is 1. The summed E-state index contributed by atoms with van der Waals surface area (Å²) in [6.45, 7) is 1.85. The lowest BCUT2D eigenvalue weighted by Crippen LogP contribution is -2.21. The predicted octanol–water partition coefficient (Wildman–Crippen LogP) is 4.68. The Bertz CT molecular complexity index is 940. The second kappa shape index (κ2) is 6.14. The van der Waals surface area contributed by atoms with E-state index in [9.17, 15) is 4.79 Å². The van der Waals surface area contributed by atoms with Gasteiger partial charge in [0.2, 0.25) is 5.13 Å². The van der Waals surface area contributed by atoms with E-state index in [0.717, 1.165) is 16.1 Å². The molecule has 118 valence electrons. The third kappa shape index (κ3) is 2.70. The maximum atomic E-state index is 12.7. The minimum atomic E-state index is -0.130. The number of nitrogens with zero attached hydrogens (tertiary/aromatic N) is 3. The molecule has 0 atom stereocenters. The fourth-order valence-corrected chi connectivity index (χ4v) is 3.87. The highest BCUT2D eigenvalue weighted by Gasteiger charge is 2.30. The number of carbonyl (C=O) groups is 1. The topological polar surface area (TPSA) is 45.6 Å². The summed E-state index contributed by atoms with van der Waals surface area (Å²) in [5.41, 5.74) is 3.22. The van der Waals surface area contributed by atoms with Gasteiger partial charge in [-0.1, -0.05) is 36.4 Å². The first-order chi connectivity index (χ1) is 11.7. The Balaban J connectivity index is 1.64. The van der Waals surface area contributed by atoms with Crippen LogP contribution in [0.15, 0.2) is 63.9 Å². The molecular formula is C18H13N3OS2. The first-order valence-electron chi connectivity index (χ1n) is 7.38. The van der Waals surface area contributed by atoms with Gasteiger partial charge in [0, 0.05) is 15.8 Å². The molecule has 2 aromatic heterocycles. The number of thiophene rings is 1. The van der Waals surface area contributed by atoms with Crippen LogP contribution in [0, 0.1) is 0 Å². The van der Waals surface area contributed by atoms with Crippen molar-refractivity contribution in [2.75, 3.05) is 5.01 Å². The SMILES string of the molecule is CC1=NN(c2nc(-c3ccccc3)cs2)C(=O)/C1=C\c1cccs1. The summed E-state index contributed by atoms with van der Waals surface area (Å²) in [6, 6.07) is 13.9. The van der Waals surface area contributed by atoms with E-state index in [1.54, 1.807) is 11.3 Å². The zero-order valence-corrected chi connectivity index (χ0v) is 14.5. The average Bonchev–Trinajstić information content (AvgIpc) is 3.33. The Kier molecular flexibility index (Phi) is 3.84. The van der Waals surface area contributed by atoms with Crippen LogP contribution >= 0.6 is 22.7 Å². The molecule has 0 radical (unpaired) electrons. The smallest absolute Gasteiger partial charge is 0.267 e. The zero-order chi connectivity index (χ0) is 16.5. The van der Waals surface area contributed by atoms with Crippen LogP contribution in [0.2, 0.25) is 0 Å². The van der Waals surface area contributed by atoms with Gasteiger partial charge in [0.05, 0.1) is 17.0 Å². The quantitative estimate of drug-likeness (QED) is 0.643. The van der Waals surface area contributed by atoms with E-state index >= 15 is 0 Å². The van der Waals surface area contributed by atoms with Crippen LogP contribution in [0.1, 0.15) is 11.8 Å². The highest BCUT2D eigenvalue weighted by atomic mass is 32.1. The highest BCUT2D eigenvalue weighted by molar-refractivity contribution is 7.14. The largest absolute Gasteiger partial charge is 0.282 e. The minimum Gasteiger partial charge on any atom is -0.267 e. The van der Waals surface area contributed by atoms with Crippen molar-refractivity contribution in [3.05, 3.63) is 63.7 Å². The van der Waals surface area contributed by atoms with Crippen LogP contribution in [0.4, 0.5) is 5.13 Å². The van der Waals surface area contributed by atoms with E-state index in [2.05, 4.69) is 10.1 Å². The van der Waals surface area contributed by atoms with Crippen LogP contribution in [0.3, 0.4) is 0 Å². The van der Waals surface area contributed by atoms with E-state index in [1.807, 2.05) is 66.2 Å². The molecule has 0 N–H and O–H groups in total. The van der Waals surface area contributed by atoms with Crippen LogP contribution < -0.4 is 5.01 Å². The molecule has 3 aromatic rings. The Morgan fingerprint density at radius 3 is 2.67 bits per heavy atom. The molecule has 1 aliphatic rings. The Morgan fingerprint density at radius 1 is 1.08 bits per heavy atom. The van der Waals surface area contributed by atoms with Gasteiger partial charge < -0.3 is 0 Å². The van der Waals surface area contributed by atoms with Gasteiger partial charge in [-0.2, -0.15) is 10.1 Å². The molecule has 0 bridgehead atoms. The summed E-state index contributed by atoms with van der Waals surface area (Å²) in [6.07, 6.45) is 1.89. The van der Waals surface area contributed by atoms with E-state index < -0.39 is 0 Å². The van der Waals surface area contributed by atoms with Gasteiger partial charge in [-0.25, -0.2) is 4.98 Å². The number of rotatable bonds is 3. The number of carbonyl (C=O) groups excluding carboxylic acids is 1. The van der Waals surface area contributed by atoms with Gasteiger partial charge in [0.25, 0.3) is 5.91 Å². The van der Waals surface area contributed by atoms with Crippen LogP contribution in [-0.2, 0) is 4.79 Å². The van der Waals surface area contributed by atoms with E-state index in [4.69, 9.17) is 0 Å². The number of amides is 1. The van der Waals surface area contributed by atoms with Crippen molar-refractivity contribution in [1.82, 2.24) is 4.98 Å². The Morgan fingerprint density at radius 2 is 1.92 bits per heavy atom. The van der Waals surface area contributed by atoms with Crippen molar-refractivity contribution in [3.8, 4) is 11.3 Å². The lowest BCUT2D eigenvalue weighted by Gasteiger charge is -2.06. The van der Waals surface area contributed by atoms with Crippen LogP contribution in [0.25, 0.3) is 17.3 Å². The van der Waals surface area contributed by atoms with Crippen molar-refractivity contribution >= 4 is 45.5 Å². The molecule has 0 spiro atoms. The Hall–Kier alpha value is -2.57. The monoisotopic (exact) mass is 351 g/mol. The average molecular weight is 351 g/mol. The van der Waals surface area contributed by atoms with E-state index in [-0.39, 0.29) is 5.91 Å². The van der Waals surface area contributed by atoms with Gasteiger partial charge in [-0.3, -0.25) is 4.79 Å². The number of benzene rings is 1. The Labute approximate surface area is 147 Å². The standard InChI is InChI=1S/C18H13N3OS2/c1-12-15(10-14-8-5-9-23-14)17(22)21(20-12)18-19-16(11-24-18)13-6-3-2-4-7-13/h2-11H,1H3/b15-10-. The molecule has 4 rings (SSSR count). The molecular weight excluding hydrogens is 338 g/mol. The number of hydrazone groups is 1.